The van der Waals surface area contributed by atoms with Crippen LogP contribution in [0.4, 0.5) is 0 Å². The minimum absolute atomic E-state index is 0.0570. The van der Waals surface area contributed by atoms with Gasteiger partial charge in [0.2, 0.25) is 0 Å². The summed E-state index contributed by atoms with van der Waals surface area (Å²) in [5.41, 5.74) is 0.890. The summed E-state index contributed by atoms with van der Waals surface area (Å²) in [7, 11) is 0. The van der Waals surface area contributed by atoms with Gasteiger partial charge in [-0.2, -0.15) is 0 Å². The van der Waals surface area contributed by atoms with E-state index in [1.807, 2.05) is 30.3 Å². The molecule has 0 unspecified atom stereocenters. The summed E-state index contributed by atoms with van der Waals surface area (Å²) in [6.07, 6.45) is 3.78. The number of nitrogens with zero attached hydrogens (tertiary/aromatic N) is 2. The van der Waals surface area contributed by atoms with E-state index in [1.54, 1.807) is 17.4 Å². The molecule has 2 aromatic heterocycles. The largest absolute Gasteiger partial charge is 0.448 e. The lowest BCUT2D eigenvalue weighted by Crippen LogP contribution is -2.53. The Morgan fingerprint density at radius 1 is 1.19 bits per heavy atom. The Morgan fingerprint density at radius 2 is 1.96 bits per heavy atom. The molecule has 0 radical (unpaired) electrons. The number of benzene rings is 1. The summed E-state index contributed by atoms with van der Waals surface area (Å²) in [6, 6.07) is 11.5. The second-order valence-electron chi connectivity index (χ2n) is 7.69. The number of rotatable bonds is 5. The van der Waals surface area contributed by atoms with Crippen LogP contribution in [-0.4, -0.2) is 41.0 Å². The Morgan fingerprint density at radius 3 is 2.74 bits per heavy atom. The van der Waals surface area contributed by atoms with Crippen LogP contribution in [0.1, 0.15) is 43.7 Å². The van der Waals surface area contributed by atoms with E-state index in [-0.39, 0.29) is 11.4 Å². The number of aromatic nitrogens is 1. The number of furan rings is 1. The van der Waals surface area contributed by atoms with Crippen LogP contribution >= 0.6 is 11.3 Å². The van der Waals surface area contributed by atoms with Gasteiger partial charge in [-0.25, -0.2) is 4.98 Å². The molecule has 1 amide bonds. The van der Waals surface area contributed by atoms with E-state index in [2.05, 4.69) is 29.0 Å². The number of piperidine rings is 1. The van der Waals surface area contributed by atoms with Gasteiger partial charge in [-0.15, -0.1) is 11.3 Å². The molecule has 0 spiro atoms. The number of nitrogens with one attached hydrogen (secondary N) is 1. The van der Waals surface area contributed by atoms with Crippen LogP contribution in [0, 0.1) is 0 Å². The van der Waals surface area contributed by atoms with Crippen LogP contribution in [0.5, 0.6) is 0 Å². The first kappa shape index (κ1) is 18.2. The van der Waals surface area contributed by atoms with Crippen molar-refractivity contribution in [1.82, 2.24) is 15.2 Å². The minimum Gasteiger partial charge on any atom is -0.448 e. The number of para-hydroxylation sites is 1. The Kier molecular flexibility index (Phi) is 5.02. The van der Waals surface area contributed by atoms with Crippen molar-refractivity contribution in [2.24, 2.45) is 0 Å². The number of carbonyl (C=O) groups excluding carboxylic acids is 1. The average Bonchev–Trinajstić information content (AvgIpc) is 3.33. The molecule has 0 saturated carbocycles. The van der Waals surface area contributed by atoms with E-state index in [4.69, 9.17) is 4.42 Å². The predicted molar refractivity (Wildman–Crippen MR) is 109 cm³/mol. The van der Waals surface area contributed by atoms with Gasteiger partial charge in [0.05, 0.1) is 10.2 Å². The third-order valence-electron chi connectivity index (χ3n) is 5.23. The average molecular weight is 384 g/mol. The number of likely N-dealkylation sites (tertiary alicyclic amines) is 1. The van der Waals surface area contributed by atoms with Crippen molar-refractivity contribution in [2.75, 3.05) is 19.6 Å². The van der Waals surface area contributed by atoms with Crippen molar-refractivity contribution in [2.45, 2.75) is 38.6 Å². The summed E-state index contributed by atoms with van der Waals surface area (Å²) in [5, 5.41) is 3.83. The molecule has 1 fully saturated rings. The molecule has 6 heteroatoms. The topological polar surface area (TPSA) is 58.4 Å². The number of hydrogen-bond donors (Lipinski definition) is 1. The maximum absolute atomic E-state index is 12.6. The standard InChI is InChI=1S/C21H25N3O2S/c1-21(2,24-12-6-3-7-13-24)14-22-19(25)16-10-11-17(26-16)20-23-15-8-4-5-9-18(15)27-20/h4-5,8-11H,3,6-7,12-14H2,1-2H3,(H,22,25). The van der Waals surface area contributed by atoms with Gasteiger partial charge in [-0.1, -0.05) is 18.6 Å². The van der Waals surface area contributed by atoms with Crippen LogP contribution in [0.3, 0.4) is 0 Å². The minimum atomic E-state index is -0.174. The van der Waals surface area contributed by atoms with Crippen molar-refractivity contribution >= 4 is 27.5 Å². The molecule has 142 valence electrons. The molecule has 0 bridgehead atoms. The predicted octanol–water partition coefficient (Wildman–Crippen LogP) is 4.55. The van der Waals surface area contributed by atoms with Crippen LogP contribution in [0.2, 0.25) is 0 Å². The first-order chi connectivity index (χ1) is 13.0. The highest BCUT2D eigenvalue weighted by Gasteiger charge is 2.28. The van der Waals surface area contributed by atoms with Gasteiger partial charge in [0.25, 0.3) is 5.91 Å². The Balaban J connectivity index is 1.42. The van der Waals surface area contributed by atoms with Gasteiger partial charge in [-0.05, 0) is 64.0 Å². The SMILES string of the molecule is CC(C)(CNC(=O)c1ccc(-c2nc3ccccc3s2)o1)N1CCCCC1. The highest BCUT2D eigenvalue weighted by atomic mass is 32.1. The molecule has 27 heavy (non-hydrogen) atoms. The van der Waals surface area contributed by atoms with E-state index in [0.717, 1.165) is 28.3 Å². The van der Waals surface area contributed by atoms with E-state index in [9.17, 15) is 4.79 Å². The third kappa shape index (κ3) is 3.92. The molecular weight excluding hydrogens is 358 g/mol. The zero-order chi connectivity index (χ0) is 18.9. The van der Waals surface area contributed by atoms with Gasteiger partial charge in [0, 0.05) is 12.1 Å². The van der Waals surface area contributed by atoms with Crippen LogP contribution in [0.25, 0.3) is 21.0 Å². The number of hydrogen-bond acceptors (Lipinski definition) is 5. The summed E-state index contributed by atoms with van der Waals surface area (Å²) >= 11 is 1.57. The molecule has 3 aromatic rings. The molecular formula is C21H25N3O2S. The van der Waals surface area contributed by atoms with Crippen molar-refractivity contribution in [3.05, 3.63) is 42.2 Å². The number of fused-ring (bicyclic) bond motifs is 1. The summed E-state index contributed by atoms with van der Waals surface area (Å²) in [4.78, 5) is 19.6. The maximum atomic E-state index is 12.6. The Bertz CT molecular complexity index is 905. The van der Waals surface area contributed by atoms with Crippen molar-refractivity contribution in [3.63, 3.8) is 0 Å². The fraction of sp³-hybridized carbons (Fsp3) is 0.429. The van der Waals surface area contributed by atoms with Crippen LogP contribution < -0.4 is 5.32 Å². The van der Waals surface area contributed by atoms with Gasteiger partial charge < -0.3 is 9.73 Å². The zero-order valence-corrected chi connectivity index (χ0v) is 16.6. The van der Waals surface area contributed by atoms with E-state index < -0.39 is 0 Å². The molecule has 1 aliphatic heterocycles. The lowest BCUT2D eigenvalue weighted by atomic mass is 9.98. The van der Waals surface area contributed by atoms with Gasteiger partial charge in [0.1, 0.15) is 0 Å². The van der Waals surface area contributed by atoms with E-state index >= 15 is 0 Å². The van der Waals surface area contributed by atoms with Gasteiger partial charge in [0.15, 0.2) is 16.5 Å². The number of thiazole rings is 1. The smallest absolute Gasteiger partial charge is 0.287 e. The van der Waals surface area contributed by atoms with Crippen molar-refractivity contribution in [3.8, 4) is 10.8 Å². The lowest BCUT2D eigenvalue weighted by Gasteiger charge is -2.41. The quantitative estimate of drug-likeness (QED) is 0.702. The molecule has 1 N–H and O–H groups in total. The first-order valence-corrected chi connectivity index (χ1v) is 10.3. The first-order valence-electron chi connectivity index (χ1n) is 9.52. The van der Waals surface area contributed by atoms with Crippen LogP contribution in [-0.2, 0) is 0 Å². The molecule has 1 aliphatic rings. The van der Waals surface area contributed by atoms with Gasteiger partial charge >= 0.3 is 0 Å². The summed E-state index contributed by atoms with van der Waals surface area (Å²) in [6.45, 7) is 7.18. The number of amides is 1. The summed E-state index contributed by atoms with van der Waals surface area (Å²) < 4.78 is 6.90. The molecule has 3 heterocycles. The van der Waals surface area contributed by atoms with Gasteiger partial charge in [-0.3, -0.25) is 9.69 Å². The normalized spacial score (nSPS) is 15.9. The zero-order valence-electron chi connectivity index (χ0n) is 15.8. The van der Waals surface area contributed by atoms with Crippen molar-refractivity contribution in [1.29, 1.82) is 0 Å². The van der Waals surface area contributed by atoms with E-state index in [0.29, 0.717) is 18.1 Å². The Labute approximate surface area is 163 Å². The molecule has 1 aromatic carbocycles. The highest BCUT2D eigenvalue weighted by molar-refractivity contribution is 7.21. The number of carbonyl (C=O) groups is 1. The molecule has 0 aliphatic carbocycles. The second-order valence-corrected chi connectivity index (χ2v) is 8.72. The highest BCUT2D eigenvalue weighted by Crippen LogP contribution is 2.31. The third-order valence-corrected chi connectivity index (χ3v) is 6.28. The maximum Gasteiger partial charge on any atom is 0.287 e. The fourth-order valence-electron chi connectivity index (χ4n) is 3.55. The molecule has 5 nitrogen and oxygen atoms in total. The Hall–Kier alpha value is -2.18. The molecule has 1 saturated heterocycles. The fourth-order valence-corrected chi connectivity index (χ4v) is 4.47. The van der Waals surface area contributed by atoms with E-state index in [1.165, 1.54) is 19.3 Å². The van der Waals surface area contributed by atoms with Crippen LogP contribution in [0.15, 0.2) is 40.8 Å². The lowest BCUT2D eigenvalue weighted by molar-refractivity contribution is 0.0780. The molecule has 0 atom stereocenters. The summed E-state index contributed by atoms with van der Waals surface area (Å²) in [5.74, 6) is 0.794. The monoisotopic (exact) mass is 383 g/mol. The molecule has 4 rings (SSSR count). The van der Waals surface area contributed by atoms with Crippen molar-refractivity contribution < 1.29 is 9.21 Å². The second kappa shape index (κ2) is 7.44.